The van der Waals surface area contributed by atoms with E-state index in [0.717, 1.165) is 12.5 Å². The van der Waals surface area contributed by atoms with Crippen molar-refractivity contribution in [2.24, 2.45) is 16.5 Å². The summed E-state index contributed by atoms with van der Waals surface area (Å²) >= 11 is 3.03. The number of hydrogen-bond acceptors (Lipinski definition) is 4. The molecular formula is C24H43N3S. The van der Waals surface area contributed by atoms with Crippen molar-refractivity contribution in [1.82, 2.24) is 5.32 Å². The van der Waals surface area contributed by atoms with E-state index in [1.54, 1.807) is 0 Å². The first-order valence-electron chi connectivity index (χ1n) is 10.7. The van der Waals surface area contributed by atoms with Crippen LogP contribution in [0.4, 0.5) is 5.69 Å². The number of hydrogen-bond donors (Lipinski definition) is 3. The monoisotopic (exact) mass is 405 g/mol. The summed E-state index contributed by atoms with van der Waals surface area (Å²) in [6.45, 7) is 12.8. The Bertz CT molecular complexity index is 602. The van der Waals surface area contributed by atoms with Gasteiger partial charge >= 0.3 is 0 Å². The molecule has 1 aromatic rings. The van der Waals surface area contributed by atoms with Crippen molar-refractivity contribution in [2.45, 2.75) is 72.3 Å². The van der Waals surface area contributed by atoms with E-state index in [1.807, 2.05) is 7.05 Å². The first-order valence-corrected chi connectivity index (χ1v) is 11.2. The van der Waals surface area contributed by atoms with Crippen LogP contribution in [0.2, 0.25) is 0 Å². The van der Waals surface area contributed by atoms with E-state index < -0.39 is 0 Å². The minimum Gasteiger partial charge on any atom is -0.372 e. The lowest BCUT2D eigenvalue weighted by atomic mass is 9.76. The molecule has 28 heavy (non-hydrogen) atoms. The number of nitrogens with two attached hydrogens (primary N) is 1. The molecule has 0 spiro atoms. The van der Waals surface area contributed by atoms with Gasteiger partial charge in [-0.2, -0.15) is 0 Å². The van der Waals surface area contributed by atoms with Crippen LogP contribution in [0.25, 0.3) is 6.08 Å². The average molecular weight is 406 g/mol. The standard InChI is InChI=1S/C24H40N2.H3NS/c1-8-21(15-16-25-6)26(7)22-13-14-23(18(2)24(3,4)5)20(17-22)12-11-19-9-10-19;1-2/h11-14,17-19,21,25H,8-10,15-16H2,1-7H3;2H,1H2/b12-11+;. The SMILES string of the molecule is CCC(CCNC)N(C)c1ccc(C(C)C(C)(C)C)c(/C=C/C2CC2)c1.NS. The predicted octanol–water partition coefficient (Wildman–Crippen LogP) is 5.87. The van der Waals surface area contributed by atoms with Gasteiger partial charge in [-0.05, 0) is 79.8 Å². The molecule has 3 N–H and O–H groups in total. The predicted molar refractivity (Wildman–Crippen MR) is 130 cm³/mol. The second-order valence-electron chi connectivity index (χ2n) is 9.16. The summed E-state index contributed by atoms with van der Waals surface area (Å²) < 4.78 is 0. The number of benzene rings is 1. The van der Waals surface area contributed by atoms with Gasteiger partial charge in [0, 0.05) is 18.8 Å². The molecule has 160 valence electrons. The smallest absolute Gasteiger partial charge is 0.0372 e. The molecule has 1 fully saturated rings. The molecule has 1 aromatic carbocycles. The Morgan fingerprint density at radius 1 is 1.29 bits per heavy atom. The van der Waals surface area contributed by atoms with Crippen LogP contribution in [0, 0.1) is 11.3 Å². The molecule has 1 aliphatic rings. The largest absolute Gasteiger partial charge is 0.372 e. The van der Waals surface area contributed by atoms with Gasteiger partial charge in [-0.1, -0.05) is 52.8 Å². The zero-order chi connectivity index (χ0) is 21.3. The Hall–Kier alpha value is -0.970. The number of thiol groups is 1. The molecule has 0 bridgehead atoms. The minimum atomic E-state index is 0.272. The first kappa shape index (κ1) is 25.1. The van der Waals surface area contributed by atoms with Gasteiger partial charge in [-0.3, -0.25) is 5.14 Å². The summed E-state index contributed by atoms with van der Waals surface area (Å²) in [5.74, 6) is 1.35. The molecule has 0 aromatic heterocycles. The van der Waals surface area contributed by atoms with Crippen molar-refractivity contribution in [1.29, 1.82) is 0 Å². The van der Waals surface area contributed by atoms with Crippen molar-refractivity contribution < 1.29 is 0 Å². The van der Waals surface area contributed by atoms with Crippen LogP contribution in [0.5, 0.6) is 0 Å². The van der Waals surface area contributed by atoms with E-state index in [-0.39, 0.29) is 5.41 Å². The summed E-state index contributed by atoms with van der Waals surface area (Å²) in [6.07, 6.45) is 9.89. The van der Waals surface area contributed by atoms with E-state index in [0.29, 0.717) is 12.0 Å². The molecule has 0 amide bonds. The maximum absolute atomic E-state index is 4.19. The second-order valence-corrected chi connectivity index (χ2v) is 9.16. The van der Waals surface area contributed by atoms with Crippen LogP contribution in [0.15, 0.2) is 24.3 Å². The number of nitrogens with zero attached hydrogens (tertiary/aromatic N) is 1. The summed E-state index contributed by atoms with van der Waals surface area (Å²) in [5.41, 5.74) is 4.50. The number of anilines is 1. The quantitative estimate of drug-likeness (QED) is 0.450. The highest BCUT2D eigenvalue weighted by molar-refractivity contribution is 7.77. The Morgan fingerprint density at radius 2 is 1.93 bits per heavy atom. The van der Waals surface area contributed by atoms with Crippen LogP contribution < -0.4 is 15.4 Å². The van der Waals surface area contributed by atoms with Crippen LogP contribution in [0.1, 0.15) is 77.3 Å². The molecule has 4 heteroatoms. The fourth-order valence-electron chi connectivity index (χ4n) is 3.51. The van der Waals surface area contributed by atoms with Crippen molar-refractivity contribution in [3.63, 3.8) is 0 Å². The molecule has 0 heterocycles. The number of allylic oxidation sites excluding steroid dienone is 1. The van der Waals surface area contributed by atoms with Gasteiger partial charge in [0.15, 0.2) is 0 Å². The molecule has 0 radical (unpaired) electrons. The molecule has 1 saturated carbocycles. The molecule has 0 saturated heterocycles. The first-order chi connectivity index (χ1) is 13.3. The van der Waals surface area contributed by atoms with Gasteiger partial charge in [-0.25, -0.2) is 0 Å². The highest BCUT2D eigenvalue weighted by Crippen LogP contribution is 2.39. The molecule has 3 nitrogen and oxygen atoms in total. The minimum absolute atomic E-state index is 0.272. The van der Waals surface area contributed by atoms with Gasteiger partial charge in [0.25, 0.3) is 0 Å². The Kier molecular flexibility index (Phi) is 10.6. The number of rotatable bonds is 9. The summed E-state index contributed by atoms with van der Waals surface area (Å²) in [6, 6.07) is 7.69. The molecule has 1 aliphatic carbocycles. The topological polar surface area (TPSA) is 41.3 Å². The molecular weight excluding hydrogens is 362 g/mol. The lowest BCUT2D eigenvalue weighted by molar-refractivity contribution is 0.339. The van der Waals surface area contributed by atoms with Gasteiger partial charge in [0.2, 0.25) is 0 Å². The second kappa shape index (κ2) is 11.9. The van der Waals surface area contributed by atoms with Crippen LogP contribution in [0.3, 0.4) is 0 Å². The lowest BCUT2D eigenvalue weighted by Gasteiger charge is -2.32. The Labute approximate surface area is 179 Å². The van der Waals surface area contributed by atoms with E-state index in [9.17, 15) is 0 Å². The highest BCUT2D eigenvalue weighted by Gasteiger charge is 2.25. The third-order valence-electron chi connectivity index (χ3n) is 6.16. The third kappa shape index (κ3) is 7.46. The van der Waals surface area contributed by atoms with Crippen LogP contribution in [-0.4, -0.2) is 26.7 Å². The zero-order valence-electron chi connectivity index (χ0n) is 19.1. The lowest BCUT2D eigenvalue weighted by Crippen LogP contribution is -2.33. The van der Waals surface area contributed by atoms with E-state index in [4.69, 9.17) is 0 Å². The van der Waals surface area contributed by atoms with Crippen molar-refractivity contribution in [3.05, 3.63) is 35.4 Å². The molecule has 2 atom stereocenters. The fraction of sp³-hybridized carbons (Fsp3) is 0.667. The van der Waals surface area contributed by atoms with E-state index in [1.165, 1.54) is 42.5 Å². The highest BCUT2D eigenvalue weighted by atomic mass is 32.1. The van der Waals surface area contributed by atoms with Crippen LogP contribution in [-0.2, 0) is 0 Å². The van der Waals surface area contributed by atoms with Gasteiger partial charge < -0.3 is 10.2 Å². The van der Waals surface area contributed by atoms with E-state index in [2.05, 4.69) is 100 Å². The summed E-state index contributed by atoms with van der Waals surface area (Å²) in [4.78, 5) is 2.47. The maximum Gasteiger partial charge on any atom is 0.0372 e. The third-order valence-corrected chi connectivity index (χ3v) is 6.16. The van der Waals surface area contributed by atoms with Crippen LogP contribution >= 0.6 is 12.8 Å². The summed E-state index contributed by atoms with van der Waals surface area (Å²) in [7, 11) is 4.29. The van der Waals surface area contributed by atoms with Crippen molar-refractivity contribution in [3.8, 4) is 0 Å². The molecule has 2 unspecified atom stereocenters. The zero-order valence-corrected chi connectivity index (χ0v) is 20.0. The number of nitrogens with one attached hydrogen (secondary N) is 1. The van der Waals surface area contributed by atoms with Gasteiger partial charge in [0.05, 0.1) is 0 Å². The summed E-state index contributed by atoms with van der Waals surface area (Å²) in [5, 5.41) is 7.49. The average Bonchev–Trinajstić information content (AvgIpc) is 3.51. The molecule has 2 rings (SSSR count). The maximum atomic E-state index is 4.19. The van der Waals surface area contributed by atoms with Gasteiger partial charge in [0.1, 0.15) is 0 Å². The Balaban J connectivity index is 0.00000190. The fourth-order valence-corrected chi connectivity index (χ4v) is 3.51. The Morgan fingerprint density at radius 3 is 2.43 bits per heavy atom. The van der Waals surface area contributed by atoms with Crippen molar-refractivity contribution >= 4 is 24.6 Å². The van der Waals surface area contributed by atoms with Crippen molar-refractivity contribution in [2.75, 3.05) is 25.5 Å². The normalized spacial score (nSPS) is 16.5. The molecule has 0 aliphatic heterocycles. The van der Waals surface area contributed by atoms with E-state index >= 15 is 0 Å². The van der Waals surface area contributed by atoms with Gasteiger partial charge in [-0.15, -0.1) is 12.8 Å².